The van der Waals surface area contributed by atoms with E-state index in [9.17, 15) is 4.79 Å². The van der Waals surface area contributed by atoms with Gasteiger partial charge in [-0.3, -0.25) is 4.79 Å². The Kier molecular flexibility index (Phi) is 4.20. The Morgan fingerprint density at radius 2 is 1.91 bits per heavy atom. The molecule has 0 spiro atoms. The van der Waals surface area contributed by atoms with Crippen molar-refractivity contribution in [1.29, 1.82) is 0 Å². The van der Waals surface area contributed by atoms with Gasteiger partial charge in [0.15, 0.2) is 0 Å². The summed E-state index contributed by atoms with van der Waals surface area (Å²) in [5, 5.41) is 0. The Hall–Kier alpha value is 0.0600. The standard InChI is InChI=1S/C8H19NOP/c1-7(10)5-8(9)6-11(2,3)4/h8H,5-6,9H2,1-4H3/q+1/t8-/m1/s1. The molecule has 0 aliphatic heterocycles. The van der Waals surface area contributed by atoms with E-state index in [0.29, 0.717) is 6.42 Å². The Bertz CT molecular complexity index is 140. The molecule has 0 saturated carbocycles. The molecule has 3 heteroatoms. The van der Waals surface area contributed by atoms with Crippen molar-refractivity contribution in [2.75, 3.05) is 26.2 Å². The quantitative estimate of drug-likeness (QED) is 0.654. The Morgan fingerprint density at radius 3 is 2.18 bits per heavy atom. The summed E-state index contributed by atoms with van der Waals surface area (Å²) in [6.45, 7) is 8.33. The first kappa shape index (κ1) is 11.1. The number of Topliss-reactive ketones (excluding diaryl/α,β-unsaturated/α-hetero) is 1. The van der Waals surface area contributed by atoms with Crippen LogP contribution in [0.25, 0.3) is 0 Å². The lowest BCUT2D eigenvalue weighted by molar-refractivity contribution is -0.117. The van der Waals surface area contributed by atoms with Gasteiger partial charge in [-0.05, 0) is 6.92 Å². The van der Waals surface area contributed by atoms with Gasteiger partial charge in [0.05, 0.1) is 6.16 Å². The molecule has 0 aliphatic carbocycles. The average molecular weight is 176 g/mol. The van der Waals surface area contributed by atoms with Crippen LogP contribution >= 0.6 is 7.26 Å². The zero-order valence-electron chi connectivity index (χ0n) is 7.92. The lowest BCUT2D eigenvalue weighted by atomic mass is 10.2. The maximum absolute atomic E-state index is 10.7. The van der Waals surface area contributed by atoms with Crippen LogP contribution in [-0.4, -0.2) is 38.0 Å². The van der Waals surface area contributed by atoms with Crippen LogP contribution in [0.2, 0.25) is 0 Å². The van der Waals surface area contributed by atoms with Crippen LogP contribution in [-0.2, 0) is 4.79 Å². The van der Waals surface area contributed by atoms with Crippen molar-refractivity contribution in [3.63, 3.8) is 0 Å². The first-order chi connectivity index (χ1) is 4.81. The third kappa shape index (κ3) is 7.96. The molecule has 0 unspecified atom stereocenters. The number of rotatable bonds is 4. The SMILES string of the molecule is CC(=O)C[C@@H](N)C[P+](C)(C)C. The molecule has 0 aromatic carbocycles. The molecular formula is C8H19NOP+. The number of hydrogen-bond acceptors (Lipinski definition) is 2. The summed E-state index contributed by atoms with van der Waals surface area (Å²) < 4.78 is 0. The fourth-order valence-corrected chi connectivity index (χ4v) is 2.67. The first-order valence-electron chi connectivity index (χ1n) is 3.87. The normalized spacial score (nSPS) is 14.6. The molecule has 0 saturated heterocycles. The predicted molar refractivity (Wildman–Crippen MR) is 52.8 cm³/mol. The summed E-state index contributed by atoms with van der Waals surface area (Å²) in [6.07, 6.45) is 1.56. The van der Waals surface area contributed by atoms with Gasteiger partial charge in [-0.1, -0.05) is 0 Å². The maximum Gasteiger partial charge on any atom is 0.131 e. The van der Waals surface area contributed by atoms with Crippen molar-refractivity contribution in [2.24, 2.45) is 5.73 Å². The highest BCUT2D eigenvalue weighted by Gasteiger charge is 2.22. The second kappa shape index (κ2) is 4.18. The molecule has 1 atom stereocenters. The molecule has 0 radical (unpaired) electrons. The molecule has 0 rings (SSSR count). The van der Waals surface area contributed by atoms with E-state index in [1.807, 2.05) is 0 Å². The van der Waals surface area contributed by atoms with Crippen molar-refractivity contribution >= 4 is 13.0 Å². The van der Waals surface area contributed by atoms with E-state index in [-0.39, 0.29) is 11.8 Å². The third-order valence-electron chi connectivity index (χ3n) is 1.33. The third-order valence-corrected chi connectivity index (χ3v) is 2.90. The molecule has 2 nitrogen and oxygen atoms in total. The van der Waals surface area contributed by atoms with Gasteiger partial charge in [-0.25, -0.2) is 0 Å². The molecule has 11 heavy (non-hydrogen) atoms. The summed E-state index contributed by atoms with van der Waals surface area (Å²) in [5.74, 6) is 0.200. The fourth-order valence-electron chi connectivity index (χ4n) is 1.14. The van der Waals surface area contributed by atoms with Crippen LogP contribution in [0, 0.1) is 0 Å². The highest BCUT2D eigenvalue weighted by atomic mass is 31.2. The van der Waals surface area contributed by atoms with Crippen molar-refractivity contribution in [1.82, 2.24) is 0 Å². The second-order valence-corrected chi connectivity index (χ2v) is 9.08. The van der Waals surface area contributed by atoms with Gasteiger partial charge < -0.3 is 5.73 Å². The zero-order valence-corrected chi connectivity index (χ0v) is 8.82. The van der Waals surface area contributed by atoms with Crippen molar-refractivity contribution in [2.45, 2.75) is 19.4 Å². The largest absolute Gasteiger partial charge is 0.324 e. The number of nitrogens with two attached hydrogens (primary N) is 1. The average Bonchev–Trinajstić information content (AvgIpc) is 1.53. The summed E-state index contributed by atoms with van der Waals surface area (Å²) in [7, 11) is -0.805. The van der Waals surface area contributed by atoms with Gasteiger partial charge in [-0.2, -0.15) is 0 Å². The zero-order chi connectivity index (χ0) is 9.07. The minimum absolute atomic E-state index is 0.0841. The number of carbonyl (C=O) groups excluding carboxylic acids is 1. The molecule has 0 amide bonds. The molecule has 66 valence electrons. The van der Waals surface area contributed by atoms with Gasteiger partial charge in [0.25, 0.3) is 0 Å². The molecule has 0 heterocycles. The Balaban J connectivity index is 3.69. The molecule has 0 aromatic heterocycles. The number of carbonyl (C=O) groups is 1. The van der Waals surface area contributed by atoms with Crippen molar-refractivity contribution in [3.05, 3.63) is 0 Å². The lowest BCUT2D eigenvalue weighted by Crippen LogP contribution is -2.27. The van der Waals surface area contributed by atoms with Crippen LogP contribution in [0.3, 0.4) is 0 Å². The molecular weight excluding hydrogens is 157 g/mol. The van der Waals surface area contributed by atoms with Gasteiger partial charge in [-0.15, -0.1) is 0 Å². The molecule has 2 N–H and O–H groups in total. The minimum atomic E-state index is -0.805. The smallest absolute Gasteiger partial charge is 0.131 e. The summed E-state index contributed by atoms with van der Waals surface area (Å²) in [4.78, 5) is 10.7. The van der Waals surface area contributed by atoms with Crippen molar-refractivity contribution < 1.29 is 4.79 Å². The molecule has 0 aromatic rings. The van der Waals surface area contributed by atoms with E-state index in [1.54, 1.807) is 6.92 Å². The monoisotopic (exact) mass is 176 g/mol. The van der Waals surface area contributed by atoms with Crippen LogP contribution in [0.5, 0.6) is 0 Å². The lowest BCUT2D eigenvalue weighted by Gasteiger charge is -2.16. The summed E-state index contributed by atoms with van der Waals surface area (Å²) >= 11 is 0. The highest BCUT2D eigenvalue weighted by molar-refractivity contribution is 7.73. The molecule has 0 bridgehead atoms. The van der Waals surface area contributed by atoms with Crippen LogP contribution in [0.15, 0.2) is 0 Å². The van der Waals surface area contributed by atoms with E-state index in [0.717, 1.165) is 6.16 Å². The number of hydrogen-bond donors (Lipinski definition) is 1. The summed E-state index contributed by atoms with van der Waals surface area (Å²) in [6, 6.07) is 0.0841. The maximum atomic E-state index is 10.7. The topological polar surface area (TPSA) is 43.1 Å². The van der Waals surface area contributed by atoms with E-state index in [1.165, 1.54) is 0 Å². The fraction of sp³-hybridized carbons (Fsp3) is 0.875. The van der Waals surface area contributed by atoms with E-state index < -0.39 is 7.26 Å². The van der Waals surface area contributed by atoms with E-state index in [2.05, 4.69) is 20.0 Å². The first-order valence-corrected chi connectivity index (χ1v) is 7.18. The van der Waals surface area contributed by atoms with Crippen LogP contribution < -0.4 is 5.73 Å². The highest BCUT2D eigenvalue weighted by Crippen LogP contribution is 2.46. The Labute approximate surface area is 69.9 Å². The van der Waals surface area contributed by atoms with E-state index >= 15 is 0 Å². The van der Waals surface area contributed by atoms with Gasteiger partial charge in [0, 0.05) is 39.7 Å². The van der Waals surface area contributed by atoms with Gasteiger partial charge in [0.1, 0.15) is 5.78 Å². The predicted octanol–water partition coefficient (Wildman–Crippen LogP) is 1.20. The second-order valence-electron chi connectivity index (χ2n) is 4.14. The van der Waals surface area contributed by atoms with Crippen LogP contribution in [0.1, 0.15) is 13.3 Å². The van der Waals surface area contributed by atoms with Gasteiger partial charge in [0.2, 0.25) is 0 Å². The number of ketones is 1. The Morgan fingerprint density at radius 1 is 1.45 bits per heavy atom. The molecule has 0 fully saturated rings. The molecule has 0 aliphatic rings. The van der Waals surface area contributed by atoms with Gasteiger partial charge >= 0.3 is 0 Å². The van der Waals surface area contributed by atoms with Crippen molar-refractivity contribution in [3.8, 4) is 0 Å². The van der Waals surface area contributed by atoms with E-state index in [4.69, 9.17) is 5.73 Å². The summed E-state index contributed by atoms with van der Waals surface area (Å²) in [5.41, 5.74) is 5.77. The van der Waals surface area contributed by atoms with Crippen LogP contribution in [0.4, 0.5) is 0 Å². The minimum Gasteiger partial charge on any atom is -0.324 e.